The molecule has 0 saturated heterocycles. The van der Waals surface area contributed by atoms with E-state index in [9.17, 15) is 4.79 Å². The van der Waals surface area contributed by atoms with E-state index < -0.39 is 0 Å². The van der Waals surface area contributed by atoms with Gasteiger partial charge in [-0.05, 0) is 16.8 Å². The summed E-state index contributed by atoms with van der Waals surface area (Å²) < 4.78 is 10.6. The molecule has 0 radical (unpaired) electrons. The van der Waals surface area contributed by atoms with Gasteiger partial charge in [-0.2, -0.15) is 0 Å². The topological polar surface area (TPSA) is 47.6 Å². The quantitative estimate of drug-likeness (QED) is 0.582. The van der Waals surface area contributed by atoms with Crippen molar-refractivity contribution in [3.8, 4) is 11.5 Å². The maximum absolute atomic E-state index is 12.5. The molecular weight excluding hydrogens is 350 g/mol. The maximum Gasteiger partial charge on any atom is 0.164 e. The standard InChI is InChI=1S/C21H20ClNO3/c1-25-20-13-18(21(26-2)12-17(20)22)23-10-9-19(24)16-8-7-14-5-3-4-6-15(14)11-16/h3-8,11-13,23H,9-10H2,1-2H3. The van der Waals surface area contributed by atoms with Crippen molar-refractivity contribution in [3.63, 3.8) is 0 Å². The van der Waals surface area contributed by atoms with Crippen molar-refractivity contribution < 1.29 is 14.3 Å². The van der Waals surface area contributed by atoms with Crippen LogP contribution in [0.15, 0.2) is 54.6 Å². The van der Waals surface area contributed by atoms with Crippen molar-refractivity contribution in [2.45, 2.75) is 6.42 Å². The fourth-order valence-corrected chi connectivity index (χ4v) is 3.05. The Morgan fingerprint density at radius 1 is 0.962 bits per heavy atom. The van der Waals surface area contributed by atoms with Crippen LogP contribution >= 0.6 is 11.6 Å². The van der Waals surface area contributed by atoms with Crippen molar-refractivity contribution in [3.05, 3.63) is 65.2 Å². The number of hydrogen-bond donors (Lipinski definition) is 1. The lowest BCUT2D eigenvalue weighted by Gasteiger charge is -2.13. The first-order valence-electron chi connectivity index (χ1n) is 8.30. The summed E-state index contributed by atoms with van der Waals surface area (Å²) in [4.78, 5) is 12.5. The van der Waals surface area contributed by atoms with Crippen LogP contribution in [0.25, 0.3) is 10.8 Å². The Balaban J connectivity index is 1.68. The summed E-state index contributed by atoms with van der Waals surface area (Å²) in [5, 5.41) is 5.88. The highest BCUT2D eigenvalue weighted by molar-refractivity contribution is 6.32. The first kappa shape index (κ1) is 18.1. The predicted molar refractivity (Wildman–Crippen MR) is 106 cm³/mol. The van der Waals surface area contributed by atoms with Crippen LogP contribution in [-0.4, -0.2) is 26.5 Å². The minimum Gasteiger partial charge on any atom is -0.495 e. The van der Waals surface area contributed by atoms with Gasteiger partial charge in [0.15, 0.2) is 5.78 Å². The Hall–Kier alpha value is -2.72. The second kappa shape index (κ2) is 8.11. The molecule has 1 N–H and O–H groups in total. The zero-order chi connectivity index (χ0) is 18.5. The fourth-order valence-electron chi connectivity index (χ4n) is 2.82. The summed E-state index contributed by atoms with van der Waals surface area (Å²) in [6.45, 7) is 0.479. The van der Waals surface area contributed by atoms with Crippen LogP contribution in [0.3, 0.4) is 0 Å². The van der Waals surface area contributed by atoms with E-state index in [1.165, 1.54) is 0 Å². The summed E-state index contributed by atoms with van der Waals surface area (Å²) >= 11 is 6.11. The van der Waals surface area contributed by atoms with Crippen LogP contribution in [0.2, 0.25) is 5.02 Å². The highest BCUT2D eigenvalue weighted by Gasteiger charge is 2.11. The van der Waals surface area contributed by atoms with Gasteiger partial charge in [-0.25, -0.2) is 0 Å². The maximum atomic E-state index is 12.5. The molecule has 0 aliphatic carbocycles. The molecule has 0 amide bonds. The molecule has 134 valence electrons. The fraction of sp³-hybridized carbons (Fsp3) is 0.190. The second-order valence-electron chi connectivity index (χ2n) is 5.85. The number of ketones is 1. The van der Waals surface area contributed by atoms with Gasteiger partial charge in [-0.1, -0.05) is 48.0 Å². The lowest BCUT2D eigenvalue weighted by atomic mass is 10.0. The number of benzene rings is 3. The molecule has 3 rings (SSSR count). The van der Waals surface area contributed by atoms with E-state index >= 15 is 0 Å². The number of carbonyl (C=O) groups is 1. The number of fused-ring (bicyclic) bond motifs is 1. The van der Waals surface area contributed by atoms with E-state index in [4.69, 9.17) is 21.1 Å². The van der Waals surface area contributed by atoms with E-state index in [1.54, 1.807) is 26.4 Å². The SMILES string of the molecule is COc1cc(NCCC(=O)c2ccc3ccccc3c2)c(OC)cc1Cl. The lowest BCUT2D eigenvalue weighted by Crippen LogP contribution is -2.09. The van der Waals surface area contributed by atoms with Gasteiger partial charge in [-0.15, -0.1) is 0 Å². The Morgan fingerprint density at radius 2 is 1.69 bits per heavy atom. The summed E-state index contributed by atoms with van der Waals surface area (Å²) in [5.74, 6) is 1.24. The number of anilines is 1. The highest BCUT2D eigenvalue weighted by atomic mass is 35.5. The number of methoxy groups -OCH3 is 2. The van der Waals surface area contributed by atoms with E-state index in [0.717, 1.165) is 16.5 Å². The van der Waals surface area contributed by atoms with Crippen LogP contribution in [0.5, 0.6) is 11.5 Å². The Morgan fingerprint density at radius 3 is 2.42 bits per heavy atom. The van der Waals surface area contributed by atoms with Gasteiger partial charge in [-0.3, -0.25) is 4.79 Å². The number of nitrogens with one attached hydrogen (secondary N) is 1. The van der Waals surface area contributed by atoms with Gasteiger partial charge in [0.25, 0.3) is 0 Å². The van der Waals surface area contributed by atoms with E-state index in [1.807, 2.05) is 42.5 Å². The van der Waals surface area contributed by atoms with E-state index in [2.05, 4.69) is 5.32 Å². The average Bonchev–Trinajstić information content (AvgIpc) is 2.68. The number of halogens is 1. The van der Waals surface area contributed by atoms with Crippen molar-refractivity contribution in [1.29, 1.82) is 0 Å². The minimum atomic E-state index is 0.0862. The van der Waals surface area contributed by atoms with Crippen molar-refractivity contribution in [2.24, 2.45) is 0 Å². The summed E-state index contributed by atoms with van der Waals surface area (Å²) in [5.41, 5.74) is 1.45. The molecule has 0 aromatic heterocycles. The largest absolute Gasteiger partial charge is 0.495 e. The number of ether oxygens (including phenoxy) is 2. The van der Waals surface area contributed by atoms with Gasteiger partial charge < -0.3 is 14.8 Å². The molecule has 0 fully saturated rings. The van der Waals surface area contributed by atoms with Crippen LogP contribution in [0.4, 0.5) is 5.69 Å². The zero-order valence-corrected chi connectivity index (χ0v) is 15.5. The van der Waals surface area contributed by atoms with Gasteiger partial charge in [0, 0.05) is 30.7 Å². The number of carbonyl (C=O) groups excluding carboxylic acids is 1. The van der Waals surface area contributed by atoms with Crippen LogP contribution in [0.1, 0.15) is 16.8 Å². The van der Waals surface area contributed by atoms with E-state index in [0.29, 0.717) is 35.1 Å². The average molecular weight is 370 g/mol. The van der Waals surface area contributed by atoms with Crippen LogP contribution in [-0.2, 0) is 0 Å². The summed E-state index contributed by atoms with van der Waals surface area (Å²) in [7, 11) is 3.13. The normalized spacial score (nSPS) is 10.6. The molecule has 4 nitrogen and oxygen atoms in total. The highest BCUT2D eigenvalue weighted by Crippen LogP contribution is 2.35. The van der Waals surface area contributed by atoms with Gasteiger partial charge >= 0.3 is 0 Å². The molecule has 3 aromatic carbocycles. The zero-order valence-electron chi connectivity index (χ0n) is 14.7. The summed E-state index contributed by atoms with van der Waals surface area (Å²) in [6.07, 6.45) is 0.367. The molecule has 0 bridgehead atoms. The third kappa shape index (κ3) is 3.92. The van der Waals surface area contributed by atoms with Crippen molar-refractivity contribution >= 4 is 33.8 Å². The predicted octanol–water partition coefficient (Wildman–Crippen LogP) is 5.20. The molecule has 0 aliphatic heterocycles. The Labute approximate surface area is 157 Å². The summed E-state index contributed by atoms with van der Waals surface area (Å²) in [6, 6.07) is 17.2. The first-order valence-corrected chi connectivity index (χ1v) is 8.67. The van der Waals surface area contributed by atoms with Crippen molar-refractivity contribution in [2.75, 3.05) is 26.1 Å². The van der Waals surface area contributed by atoms with Crippen LogP contribution in [0, 0.1) is 0 Å². The molecule has 0 aliphatic rings. The number of rotatable bonds is 7. The van der Waals surface area contributed by atoms with Gasteiger partial charge in [0.1, 0.15) is 11.5 Å². The van der Waals surface area contributed by atoms with Crippen molar-refractivity contribution in [1.82, 2.24) is 0 Å². The number of hydrogen-bond acceptors (Lipinski definition) is 4. The second-order valence-corrected chi connectivity index (χ2v) is 6.26. The molecule has 3 aromatic rings. The third-order valence-electron chi connectivity index (χ3n) is 4.21. The Kier molecular flexibility index (Phi) is 5.64. The minimum absolute atomic E-state index is 0.0862. The first-order chi connectivity index (χ1) is 12.6. The molecule has 26 heavy (non-hydrogen) atoms. The smallest absolute Gasteiger partial charge is 0.164 e. The third-order valence-corrected chi connectivity index (χ3v) is 4.51. The molecule has 0 atom stereocenters. The molecular formula is C21H20ClNO3. The molecule has 0 heterocycles. The monoisotopic (exact) mass is 369 g/mol. The number of Topliss-reactive ketones (excluding diaryl/α,β-unsaturated/α-hetero) is 1. The lowest BCUT2D eigenvalue weighted by molar-refractivity contribution is 0.0986. The van der Waals surface area contributed by atoms with Gasteiger partial charge in [0.2, 0.25) is 0 Å². The van der Waals surface area contributed by atoms with Crippen LogP contribution < -0.4 is 14.8 Å². The molecule has 0 unspecified atom stereocenters. The molecule has 0 spiro atoms. The Bertz CT molecular complexity index is 940. The van der Waals surface area contributed by atoms with Gasteiger partial charge in [0.05, 0.1) is 24.9 Å². The molecule has 5 heteroatoms. The van der Waals surface area contributed by atoms with E-state index in [-0.39, 0.29) is 5.78 Å². The molecule has 0 saturated carbocycles.